The molecule has 5 heteroatoms. The lowest BCUT2D eigenvalue weighted by Gasteiger charge is -2.05. The molecule has 0 aliphatic heterocycles. The van der Waals surface area contributed by atoms with E-state index in [1.165, 1.54) is 0 Å². The Morgan fingerprint density at radius 1 is 1.16 bits per heavy atom. The number of aryl methyl sites for hydroxylation is 1. The first-order valence-corrected chi connectivity index (χ1v) is 7.07. The molecule has 0 radical (unpaired) electrons. The van der Waals surface area contributed by atoms with Gasteiger partial charge in [-0.25, -0.2) is 9.19 Å². The summed E-state index contributed by atoms with van der Waals surface area (Å²) in [5, 5.41) is 0. The Morgan fingerprint density at radius 3 is 2.74 bits per heavy atom. The number of fused-ring (bicyclic) bond motifs is 1. The van der Waals surface area contributed by atoms with Gasteiger partial charge in [-0.1, -0.05) is 18.2 Å². The van der Waals surface area contributed by atoms with Crippen molar-refractivity contribution in [2.24, 2.45) is 0 Å². The maximum atomic E-state index is 12.1. The molecule has 1 atom stereocenters. The average Bonchev–Trinajstić information content (AvgIpc) is 2.79. The normalized spacial score (nSPS) is 12.5. The Morgan fingerprint density at radius 2 is 1.95 bits per heavy atom. The second-order valence-electron chi connectivity index (χ2n) is 4.24. The third-order valence-electron chi connectivity index (χ3n) is 2.77. The van der Waals surface area contributed by atoms with Gasteiger partial charge in [0.25, 0.3) is 0 Å². The predicted molar refractivity (Wildman–Crippen MR) is 77.3 cm³/mol. The Hall–Kier alpha value is -2.14. The molecule has 0 saturated carbocycles. The molecule has 3 rings (SSSR count). The van der Waals surface area contributed by atoms with Crippen molar-refractivity contribution in [2.75, 3.05) is 4.72 Å². The standard InChI is InChI=1S/C14H13N3OS/c1-10-15-13-8-7-11(9-14(13)16-10)17-19(18)12-5-3-2-4-6-12/h2-9,17H,1H3,(H,15,16). The quantitative estimate of drug-likeness (QED) is 0.769. The van der Waals surface area contributed by atoms with Crippen LogP contribution in [-0.4, -0.2) is 14.2 Å². The fourth-order valence-corrected chi connectivity index (χ4v) is 2.77. The number of H-pyrrole nitrogens is 1. The van der Waals surface area contributed by atoms with E-state index < -0.39 is 11.0 Å². The van der Waals surface area contributed by atoms with Crippen LogP contribution in [0.1, 0.15) is 5.82 Å². The number of rotatable bonds is 3. The lowest BCUT2D eigenvalue weighted by molar-refractivity contribution is 0.686. The molecular formula is C14H13N3OS. The Kier molecular flexibility index (Phi) is 3.05. The van der Waals surface area contributed by atoms with E-state index in [1.54, 1.807) is 0 Å². The smallest absolute Gasteiger partial charge is 0.150 e. The molecule has 0 saturated heterocycles. The van der Waals surface area contributed by atoms with Gasteiger partial charge in [0.05, 0.1) is 15.9 Å². The molecule has 1 aromatic heterocycles. The average molecular weight is 271 g/mol. The van der Waals surface area contributed by atoms with E-state index in [1.807, 2.05) is 55.5 Å². The molecule has 0 bridgehead atoms. The van der Waals surface area contributed by atoms with Crippen molar-refractivity contribution in [2.45, 2.75) is 11.8 Å². The van der Waals surface area contributed by atoms with Crippen LogP contribution >= 0.6 is 0 Å². The van der Waals surface area contributed by atoms with Gasteiger partial charge in [-0.3, -0.25) is 0 Å². The highest BCUT2D eigenvalue weighted by molar-refractivity contribution is 7.86. The van der Waals surface area contributed by atoms with Gasteiger partial charge in [0, 0.05) is 5.69 Å². The molecule has 0 aliphatic carbocycles. The van der Waals surface area contributed by atoms with Gasteiger partial charge in [0.1, 0.15) is 16.8 Å². The summed E-state index contributed by atoms with van der Waals surface area (Å²) in [5.41, 5.74) is 2.65. The minimum Gasteiger partial charge on any atom is -0.342 e. The molecule has 3 aromatic rings. The van der Waals surface area contributed by atoms with E-state index in [2.05, 4.69) is 14.7 Å². The third kappa shape index (κ3) is 2.51. The fraction of sp³-hybridized carbons (Fsp3) is 0.0714. The zero-order valence-corrected chi connectivity index (χ0v) is 11.2. The fourth-order valence-electron chi connectivity index (χ4n) is 1.91. The number of aromatic nitrogens is 2. The van der Waals surface area contributed by atoms with Crippen LogP contribution in [0.25, 0.3) is 11.0 Å². The summed E-state index contributed by atoms with van der Waals surface area (Å²) in [5.74, 6) is 0.872. The summed E-state index contributed by atoms with van der Waals surface area (Å²) in [7, 11) is -1.25. The first-order valence-electron chi connectivity index (χ1n) is 5.92. The number of imidazole rings is 1. The van der Waals surface area contributed by atoms with Crippen LogP contribution < -0.4 is 4.72 Å². The van der Waals surface area contributed by atoms with E-state index in [9.17, 15) is 4.21 Å². The second-order valence-corrected chi connectivity index (χ2v) is 5.45. The highest BCUT2D eigenvalue weighted by Crippen LogP contribution is 2.18. The molecule has 0 spiro atoms. The van der Waals surface area contributed by atoms with E-state index in [0.717, 1.165) is 27.4 Å². The molecule has 2 aromatic carbocycles. The van der Waals surface area contributed by atoms with E-state index in [-0.39, 0.29) is 0 Å². The molecule has 96 valence electrons. The van der Waals surface area contributed by atoms with Crippen LogP contribution in [0, 0.1) is 6.92 Å². The summed E-state index contributed by atoms with van der Waals surface area (Å²) < 4.78 is 15.1. The van der Waals surface area contributed by atoms with Gasteiger partial charge in [-0.2, -0.15) is 0 Å². The Balaban J connectivity index is 1.87. The van der Waals surface area contributed by atoms with Crippen LogP contribution in [0.5, 0.6) is 0 Å². The second kappa shape index (κ2) is 4.85. The number of hydrogen-bond donors (Lipinski definition) is 2. The minimum absolute atomic E-state index is 0.753. The van der Waals surface area contributed by atoms with Crippen molar-refractivity contribution in [3.05, 3.63) is 54.4 Å². The van der Waals surface area contributed by atoms with Crippen LogP contribution in [-0.2, 0) is 11.0 Å². The summed E-state index contributed by atoms with van der Waals surface area (Å²) in [4.78, 5) is 8.25. The Labute approximate surface area is 113 Å². The largest absolute Gasteiger partial charge is 0.342 e. The first-order chi connectivity index (χ1) is 9.22. The van der Waals surface area contributed by atoms with Crippen LogP contribution in [0.4, 0.5) is 5.69 Å². The molecule has 1 heterocycles. The van der Waals surface area contributed by atoms with E-state index in [4.69, 9.17) is 0 Å². The van der Waals surface area contributed by atoms with Crippen LogP contribution in [0.2, 0.25) is 0 Å². The van der Waals surface area contributed by atoms with Crippen molar-refractivity contribution in [3.63, 3.8) is 0 Å². The van der Waals surface area contributed by atoms with Crippen LogP contribution in [0.15, 0.2) is 53.4 Å². The van der Waals surface area contributed by atoms with Crippen LogP contribution in [0.3, 0.4) is 0 Å². The highest BCUT2D eigenvalue weighted by atomic mass is 32.2. The third-order valence-corrected chi connectivity index (χ3v) is 3.89. The topological polar surface area (TPSA) is 57.8 Å². The lowest BCUT2D eigenvalue weighted by Crippen LogP contribution is -2.04. The predicted octanol–water partition coefficient (Wildman–Crippen LogP) is 3.01. The molecule has 0 aliphatic rings. The number of hydrogen-bond acceptors (Lipinski definition) is 2. The van der Waals surface area contributed by atoms with Gasteiger partial charge in [-0.15, -0.1) is 0 Å². The van der Waals surface area contributed by atoms with Crippen molar-refractivity contribution in [3.8, 4) is 0 Å². The molecule has 19 heavy (non-hydrogen) atoms. The number of anilines is 1. The number of aromatic amines is 1. The summed E-state index contributed by atoms with van der Waals surface area (Å²) in [6.07, 6.45) is 0. The molecular weight excluding hydrogens is 258 g/mol. The summed E-state index contributed by atoms with van der Waals surface area (Å²) >= 11 is 0. The van der Waals surface area contributed by atoms with E-state index >= 15 is 0 Å². The van der Waals surface area contributed by atoms with E-state index in [0.29, 0.717) is 0 Å². The lowest BCUT2D eigenvalue weighted by atomic mass is 10.3. The maximum absolute atomic E-state index is 12.1. The molecule has 4 nitrogen and oxygen atoms in total. The maximum Gasteiger partial charge on any atom is 0.150 e. The molecule has 0 amide bonds. The van der Waals surface area contributed by atoms with Crippen molar-refractivity contribution < 1.29 is 4.21 Å². The first kappa shape index (κ1) is 11.9. The number of benzene rings is 2. The zero-order chi connectivity index (χ0) is 13.2. The summed E-state index contributed by atoms with van der Waals surface area (Å²) in [6.45, 7) is 1.91. The molecule has 1 unspecified atom stereocenters. The van der Waals surface area contributed by atoms with Gasteiger partial charge < -0.3 is 9.71 Å². The molecule has 0 fully saturated rings. The molecule has 2 N–H and O–H groups in total. The van der Waals surface area contributed by atoms with Crippen molar-refractivity contribution in [1.29, 1.82) is 0 Å². The highest BCUT2D eigenvalue weighted by Gasteiger charge is 2.05. The minimum atomic E-state index is -1.25. The number of nitrogens with zero attached hydrogens (tertiary/aromatic N) is 1. The van der Waals surface area contributed by atoms with Gasteiger partial charge in [0.2, 0.25) is 0 Å². The Bertz CT molecular complexity index is 737. The van der Waals surface area contributed by atoms with Gasteiger partial charge in [0.15, 0.2) is 0 Å². The van der Waals surface area contributed by atoms with Crippen molar-refractivity contribution in [1.82, 2.24) is 9.97 Å². The number of nitrogens with one attached hydrogen (secondary N) is 2. The SMILES string of the molecule is Cc1nc2ccc(NS(=O)c3ccccc3)cc2[nH]1. The monoisotopic (exact) mass is 271 g/mol. The van der Waals surface area contributed by atoms with Gasteiger partial charge >= 0.3 is 0 Å². The summed E-state index contributed by atoms with van der Waals surface area (Å²) in [6, 6.07) is 15.0. The van der Waals surface area contributed by atoms with Crippen molar-refractivity contribution >= 4 is 27.7 Å². The van der Waals surface area contributed by atoms with Gasteiger partial charge in [-0.05, 0) is 37.3 Å². The zero-order valence-electron chi connectivity index (χ0n) is 10.4.